The molecule has 0 saturated heterocycles. The molecule has 0 amide bonds. The van der Waals surface area contributed by atoms with Crippen LogP contribution in [0.5, 0.6) is 0 Å². The number of benzene rings is 1. The highest BCUT2D eigenvalue weighted by molar-refractivity contribution is 9.11. The molecule has 1 saturated carbocycles. The van der Waals surface area contributed by atoms with Crippen molar-refractivity contribution in [3.63, 3.8) is 0 Å². The summed E-state index contributed by atoms with van der Waals surface area (Å²) in [6.07, 6.45) is 1.08. The Bertz CT molecular complexity index is 611. The second kappa shape index (κ2) is 5.13. The van der Waals surface area contributed by atoms with Gasteiger partial charge in [0.1, 0.15) is 0 Å². The predicted molar refractivity (Wildman–Crippen MR) is 83.7 cm³/mol. The van der Waals surface area contributed by atoms with E-state index in [-0.39, 0.29) is 10.3 Å². The molecule has 6 heteroatoms. The predicted octanol–water partition coefficient (Wildman–Crippen LogP) is 3.84. The van der Waals surface area contributed by atoms with E-state index in [1.165, 1.54) is 0 Å². The minimum atomic E-state index is -3.46. The summed E-state index contributed by atoms with van der Waals surface area (Å²) in [5, 5.41) is 0. The summed E-state index contributed by atoms with van der Waals surface area (Å²) >= 11 is 6.69. The molecule has 1 unspecified atom stereocenters. The smallest absolute Gasteiger partial charge is 0.211 e. The van der Waals surface area contributed by atoms with Crippen molar-refractivity contribution >= 4 is 41.9 Å². The van der Waals surface area contributed by atoms with Crippen molar-refractivity contribution in [1.29, 1.82) is 0 Å². The molecule has 0 heterocycles. The Morgan fingerprint density at radius 3 is 2.42 bits per heavy atom. The van der Waals surface area contributed by atoms with Gasteiger partial charge in [-0.15, -0.1) is 0 Å². The third-order valence-corrected chi connectivity index (χ3v) is 6.98. The lowest BCUT2D eigenvalue weighted by atomic mass is 10.1. The number of halogens is 2. The molecule has 1 aromatic carbocycles. The van der Waals surface area contributed by atoms with Crippen LogP contribution in [0, 0.1) is 18.3 Å². The minimum absolute atomic E-state index is 0.271. The van der Waals surface area contributed by atoms with Crippen molar-refractivity contribution in [2.75, 3.05) is 6.54 Å². The Labute approximate surface area is 131 Å². The van der Waals surface area contributed by atoms with Gasteiger partial charge in [-0.25, -0.2) is 13.1 Å². The molecule has 1 aliphatic rings. The van der Waals surface area contributed by atoms with E-state index >= 15 is 0 Å². The van der Waals surface area contributed by atoms with E-state index < -0.39 is 10.0 Å². The maximum atomic E-state index is 12.3. The molecule has 0 bridgehead atoms. The highest BCUT2D eigenvalue weighted by Gasteiger charge is 2.45. The molecule has 0 radical (unpaired) electrons. The lowest BCUT2D eigenvalue weighted by Gasteiger charge is -2.11. The van der Waals surface area contributed by atoms with Gasteiger partial charge in [-0.3, -0.25) is 0 Å². The van der Waals surface area contributed by atoms with Crippen molar-refractivity contribution in [2.24, 2.45) is 11.3 Å². The highest BCUT2D eigenvalue weighted by atomic mass is 79.9. The average molecular weight is 411 g/mol. The van der Waals surface area contributed by atoms with E-state index in [2.05, 4.69) is 50.4 Å². The quantitative estimate of drug-likeness (QED) is 0.819. The topological polar surface area (TPSA) is 46.2 Å². The van der Waals surface area contributed by atoms with Crippen LogP contribution in [-0.4, -0.2) is 15.0 Å². The number of hydrogen-bond acceptors (Lipinski definition) is 2. The Balaban J connectivity index is 2.18. The largest absolute Gasteiger partial charge is 0.241 e. The van der Waals surface area contributed by atoms with Crippen LogP contribution in [0.25, 0.3) is 0 Å². The third-order valence-electron chi connectivity index (χ3n) is 3.74. The summed E-state index contributed by atoms with van der Waals surface area (Å²) in [5.74, 6) is 0.440. The van der Waals surface area contributed by atoms with Crippen LogP contribution >= 0.6 is 31.9 Å². The van der Waals surface area contributed by atoms with Crippen LogP contribution in [0.15, 0.2) is 26.0 Å². The molecule has 0 spiro atoms. The fourth-order valence-electron chi connectivity index (χ4n) is 2.05. The molecule has 2 rings (SSSR count). The normalized spacial score (nSPS) is 21.4. The Morgan fingerprint density at radius 1 is 1.32 bits per heavy atom. The highest BCUT2D eigenvalue weighted by Crippen LogP contribution is 2.51. The molecule has 0 aliphatic heterocycles. The van der Waals surface area contributed by atoms with Gasteiger partial charge in [-0.1, -0.05) is 29.8 Å². The molecular formula is C13H17Br2NO2S. The van der Waals surface area contributed by atoms with Crippen molar-refractivity contribution in [3.05, 3.63) is 26.6 Å². The molecule has 106 valence electrons. The first kappa shape index (κ1) is 15.5. The van der Waals surface area contributed by atoms with Crippen molar-refractivity contribution in [3.8, 4) is 0 Å². The van der Waals surface area contributed by atoms with Gasteiger partial charge in [0.25, 0.3) is 0 Å². The van der Waals surface area contributed by atoms with E-state index in [1.54, 1.807) is 12.1 Å². The SMILES string of the molecule is Cc1cc(Br)c(S(=O)(=O)NCC2CC2(C)C)cc1Br. The van der Waals surface area contributed by atoms with Gasteiger partial charge >= 0.3 is 0 Å². The molecular weight excluding hydrogens is 394 g/mol. The maximum absolute atomic E-state index is 12.3. The van der Waals surface area contributed by atoms with Crippen molar-refractivity contribution < 1.29 is 8.42 Å². The number of aryl methyl sites for hydroxylation is 1. The minimum Gasteiger partial charge on any atom is -0.211 e. The molecule has 1 aliphatic carbocycles. The Hall–Kier alpha value is 0.0900. The first-order valence-electron chi connectivity index (χ1n) is 6.09. The van der Waals surface area contributed by atoms with Crippen molar-refractivity contribution in [2.45, 2.75) is 32.1 Å². The monoisotopic (exact) mass is 409 g/mol. The Morgan fingerprint density at radius 2 is 1.89 bits per heavy atom. The first-order valence-corrected chi connectivity index (χ1v) is 9.16. The summed E-state index contributed by atoms with van der Waals surface area (Å²) in [5.41, 5.74) is 1.27. The number of sulfonamides is 1. The molecule has 1 aromatic rings. The molecule has 1 N–H and O–H groups in total. The molecule has 1 fully saturated rings. The first-order chi connectivity index (χ1) is 8.63. The van der Waals surface area contributed by atoms with Gasteiger partial charge in [-0.05, 0) is 58.3 Å². The molecule has 19 heavy (non-hydrogen) atoms. The molecule has 0 aromatic heterocycles. The van der Waals surface area contributed by atoms with Crippen molar-refractivity contribution in [1.82, 2.24) is 4.72 Å². The van der Waals surface area contributed by atoms with E-state index in [4.69, 9.17) is 0 Å². The number of hydrogen-bond donors (Lipinski definition) is 1. The van der Waals surface area contributed by atoms with E-state index in [1.807, 2.05) is 6.92 Å². The van der Waals surface area contributed by atoms with Crippen LogP contribution in [0.4, 0.5) is 0 Å². The van der Waals surface area contributed by atoms with Crippen LogP contribution in [0.1, 0.15) is 25.8 Å². The maximum Gasteiger partial charge on any atom is 0.241 e. The lowest BCUT2D eigenvalue weighted by Crippen LogP contribution is -2.27. The van der Waals surface area contributed by atoms with E-state index in [0.29, 0.717) is 16.9 Å². The third kappa shape index (κ3) is 3.40. The second-order valence-electron chi connectivity index (χ2n) is 5.77. The number of rotatable bonds is 4. The fourth-order valence-corrected chi connectivity index (χ4v) is 4.80. The van der Waals surface area contributed by atoms with Gasteiger partial charge < -0.3 is 0 Å². The fraction of sp³-hybridized carbons (Fsp3) is 0.538. The number of nitrogens with one attached hydrogen (secondary N) is 1. The Kier molecular flexibility index (Phi) is 4.18. The lowest BCUT2D eigenvalue weighted by molar-refractivity contribution is 0.537. The van der Waals surface area contributed by atoms with Crippen LogP contribution in [0.3, 0.4) is 0 Å². The van der Waals surface area contributed by atoms with Gasteiger partial charge in [0.05, 0.1) is 4.90 Å². The zero-order chi connectivity index (χ0) is 14.4. The van der Waals surface area contributed by atoms with Crippen LogP contribution < -0.4 is 4.72 Å². The van der Waals surface area contributed by atoms with Crippen LogP contribution in [0.2, 0.25) is 0 Å². The van der Waals surface area contributed by atoms with Gasteiger partial charge in [0, 0.05) is 15.5 Å². The summed E-state index contributed by atoms with van der Waals surface area (Å²) in [6, 6.07) is 3.44. The summed E-state index contributed by atoms with van der Waals surface area (Å²) in [4.78, 5) is 0.281. The molecule has 1 atom stereocenters. The van der Waals surface area contributed by atoms with E-state index in [9.17, 15) is 8.42 Å². The van der Waals surface area contributed by atoms with E-state index in [0.717, 1.165) is 16.5 Å². The van der Waals surface area contributed by atoms with Crippen LogP contribution in [-0.2, 0) is 10.0 Å². The average Bonchev–Trinajstić information content (AvgIpc) is 2.89. The summed E-state index contributed by atoms with van der Waals surface area (Å²) in [7, 11) is -3.46. The van der Waals surface area contributed by atoms with Gasteiger partial charge in [-0.2, -0.15) is 0 Å². The standard InChI is InChI=1S/C13H17Br2NO2S/c1-8-4-11(15)12(5-10(8)14)19(17,18)16-7-9-6-13(9,2)3/h4-5,9,16H,6-7H2,1-3H3. The zero-order valence-corrected chi connectivity index (χ0v) is 15.1. The van der Waals surface area contributed by atoms with Gasteiger partial charge in [0.15, 0.2) is 0 Å². The zero-order valence-electron chi connectivity index (χ0n) is 11.1. The summed E-state index contributed by atoms with van der Waals surface area (Å²) < 4.78 is 28.7. The summed E-state index contributed by atoms with van der Waals surface area (Å²) in [6.45, 7) is 6.74. The van der Waals surface area contributed by atoms with Gasteiger partial charge in [0.2, 0.25) is 10.0 Å². The molecule has 3 nitrogen and oxygen atoms in total. The second-order valence-corrected chi connectivity index (χ2v) is 9.22.